The summed E-state index contributed by atoms with van der Waals surface area (Å²) in [6.07, 6.45) is 0. The second-order valence-electron chi connectivity index (χ2n) is 6.84. The minimum absolute atomic E-state index is 0.0931. The minimum atomic E-state index is -0.124. The van der Waals surface area contributed by atoms with Gasteiger partial charge < -0.3 is 10.2 Å². The number of nitrogens with one attached hydrogen (secondary N) is 1. The Hall–Kier alpha value is -1.36. The number of nitrogens with zero attached hydrogens (tertiary/aromatic N) is 3. The third kappa shape index (κ3) is 4.84. The summed E-state index contributed by atoms with van der Waals surface area (Å²) in [6, 6.07) is 1.91. The molecule has 0 aliphatic heterocycles. The highest BCUT2D eigenvalue weighted by atomic mass is 16.1. The molecule has 0 spiro atoms. The van der Waals surface area contributed by atoms with Crippen molar-refractivity contribution in [3.8, 4) is 0 Å². The molecule has 5 nitrogen and oxygen atoms in total. The van der Waals surface area contributed by atoms with Gasteiger partial charge in [-0.25, -0.2) is 0 Å². The lowest BCUT2D eigenvalue weighted by Gasteiger charge is -2.23. The summed E-state index contributed by atoms with van der Waals surface area (Å²) in [6.45, 7) is 15.1. The molecule has 1 amide bonds. The maximum Gasteiger partial charge on any atom is 0.271 e. The van der Waals surface area contributed by atoms with E-state index in [1.54, 1.807) is 0 Å². The standard InChI is InChI=1S/C16H30N4O/c1-8-19(7)10-9-17-15(21)13-11-14(12(2)3)20(18-13)16(4,5)6/h11-12H,8-10H2,1-7H3,(H,17,21). The number of carbonyl (C=O) groups is 1. The second-order valence-corrected chi connectivity index (χ2v) is 6.84. The van der Waals surface area contributed by atoms with E-state index in [0.29, 0.717) is 18.2 Å². The van der Waals surface area contributed by atoms with Crippen molar-refractivity contribution < 1.29 is 4.79 Å². The van der Waals surface area contributed by atoms with Crippen LogP contribution >= 0.6 is 0 Å². The van der Waals surface area contributed by atoms with Crippen molar-refractivity contribution in [3.63, 3.8) is 0 Å². The Balaban J connectivity index is 2.82. The normalized spacial score (nSPS) is 12.2. The van der Waals surface area contributed by atoms with Crippen molar-refractivity contribution in [1.29, 1.82) is 0 Å². The molecule has 0 bridgehead atoms. The molecule has 0 aliphatic carbocycles. The molecule has 1 N–H and O–H groups in total. The predicted molar refractivity (Wildman–Crippen MR) is 86.8 cm³/mol. The smallest absolute Gasteiger partial charge is 0.271 e. The van der Waals surface area contributed by atoms with Crippen molar-refractivity contribution in [1.82, 2.24) is 20.0 Å². The molecule has 0 atom stereocenters. The SMILES string of the molecule is CCN(C)CCNC(=O)c1cc(C(C)C)n(C(C)(C)C)n1. The van der Waals surface area contributed by atoms with Crippen molar-refractivity contribution in [2.24, 2.45) is 0 Å². The molecule has 1 heterocycles. The molecular formula is C16H30N4O. The molecule has 0 aliphatic rings. The van der Waals surface area contributed by atoms with Gasteiger partial charge in [0.15, 0.2) is 0 Å². The van der Waals surface area contributed by atoms with E-state index < -0.39 is 0 Å². The van der Waals surface area contributed by atoms with E-state index in [1.165, 1.54) is 0 Å². The van der Waals surface area contributed by atoms with E-state index in [-0.39, 0.29) is 11.4 Å². The quantitative estimate of drug-likeness (QED) is 0.876. The zero-order chi connectivity index (χ0) is 16.2. The summed E-state index contributed by atoms with van der Waals surface area (Å²) in [4.78, 5) is 14.4. The van der Waals surface area contributed by atoms with Gasteiger partial charge in [-0.05, 0) is 46.3 Å². The van der Waals surface area contributed by atoms with Crippen LogP contribution in [0, 0.1) is 0 Å². The average molecular weight is 294 g/mol. The molecule has 21 heavy (non-hydrogen) atoms. The fraction of sp³-hybridized carbons (Fsp3) is 0.750. The largest absolute Gasteiger partial charge is 0.349 e. The van der Waals surface area contributed by atoms with E-state index in [1.807, 2.05) is 17.8 Å². The summed E-state index contributed by atoms with van der Waals surface area (Å²) in [5.41, 5.74) is 1.48. The Labute approximate surface area is 128 Å². The van der Waals surface area contributed by atoms with Gasteiger partial charge in [-0.15, -0.1) is 0 Å². The van der Waals surface area contributed by atoms with Crippen molar-refractivity contribution in [2.45, 2.75) is 53.0 Å². The molecule has 0 saturated heterocycles. The second kappa shape index (κ2) is 7.07. The Bertz CT molecular complexity index is 471. The summed E-state index contributed by atoms with van der Waals surface area (Å²) >= 11 is 0. The average Bonchev–Trinajstić information content (AvgIpc) is 2.83. The monoisotopic (exact) mass is 294 g/mol. The van der Waals surface area contributed by atoms with Gasteiger partial charge in [0.05, 0.1) is 5.54 Å². The molecule has 0 unspecified atom stereocenters. The van der Waals surface area contributed by atoms with Gasteiger partial charge in [-0.1, -0.05) is 20.8 Å². The Morgan fingerprint density at radius 1 is 1.43 bits per heavy atom. The fourth-order valence-corrected chi connectivity index (χ4v) is 2.06. The van der Waals surface area contributed by atoms with Gasteiger partial charge in [0, 0.05) is 18.8 Å². The number of hydrogen-bond donors (Lipinski definition) is 1. The lowest BCUT2D eigenvalue weighted by molar-refractivity contribution is 0.0943. The first-order valence-corrected chi connectivity index (χ1v) is 7.74. The van der Waals surface area contributed by atoms with Crippen LogP contribution in [-0.4, -0.2) is 47.3 Å². The molecule has 1 rings (SSSR count). The summed E-state index contributed by atoms with van der Waals surface area (Å²) < 4.78 is 1.96. The first kappa shape index (κ1) is 17.7. The number of aromatic nitrogens is 2. The van der Waals surface area contributed by atoms with Gasteiger partial charge in [0.25, 0.3) is 5.91 Å². The summed E-state index contributed by atoms with van der Waals surface area (Å²) in [5.74, 6) is 0.244. The van der Waals surface area contributed by atoms with E-state index in [4.69, 9.17) is 0 Å². The highest BCUT2D eigenvalue weighted by Crippen LogP contribution is 2.23. The van der Waals surface area contributed by atoms with Crippen LogP contribution in [0.1, 0.15) is 63.6 Å². The highest BCUT2D eigenvalue weighted by Gasteiger charge is 2.23. The molecule has 1 aromatic rings. The number of rotatable bonds is 6. The van der Waals surface area contributed by atoms with Crippen LogP contribution in [0.25, 0.3) is 0 Å². The zero-order valence-corrected chi connectivity index (χ0v) is 14.5. The molecule has 0 saturated carbocycles. The number of likely N-dealkylation sites (N-methyl/N-ethyl adjacent to an activating group) is 1. The zero-order valence-electron chi connectivity index (χ0n) is 14.5. The van der Waals surface area contributed by atoms with Gasteiger partial charge in [-0.3, -0.25) is 9.48 Å². The van der Waals surface area contributed by atoms with Gasteiger partial charge in [0.2, 0.25) is 0 Å². The summed E-state index contributed by atoms with van der Waals surface area (Å²) in [7, 11) is 2.04. The first-order valence-electron chi connectivity index (χ1n) is 7.74. The van der Waals surface area contributed by atoms with Crippen LogP contribution in [0.3, 0.4) is 0 Å². The van der Waals surface area contributed by atoms with Crippen LogP contribution in [0.2, 0.25) is 0 Å². The predicted octanol–water partition coefficient (Wildman–Crippen LogP) is 2.44. The maximum atomic E-state index is 12.2. The first-order chi connectivity index (χ1) is 9.66. The van der Waals surface area contributed by atoms with E-state index in [2.05, 4.69) is 56.9 Å². The molecule has 120 valence electrons. The molecule has 1 aromatic heterocycles. The van der Waals surface area contributed by atoms with Crippen LogP contribution in [0.15, 0.2) is 6.07 Å². The number of carbonyl (C=O) groups excluding carboxylic acids is 1. The molecule has 5 heteroatoms. The van der Waals surface area contributed by atoms with Crippen LogP contribution < -0.4 is 5.32 Å². The van der Waals surface area contributed by atoms with E-state index in [9.17, 15) is 4.79 Å². The lowest BCUT2D eigenvalue weighted by Crippen LogP contribution is -2.33. The van der Waals surface area contributed by atoms with Gasteiger partial charge >= 0.3 is 0 Å². The van der Waals surface area contributed by atoms with Crippen molar-refractivity contribution >= 4 is 5.91 Å². The molecular weight excluding hydrogens is 264 g/mol. The van der Waals surface area contributed by atoms with E-state index in [0.717, 1.165) is 18.8 Å². The Morgan fingerprint density at radius 2 is 2.05 bits per heavy atom. The molecule has 0 aromatic carbocycles. The van der Waals surface area contributed by atoms with Crippen LogP contribution in [-0.2, 0) is 5.54 Å². The van der Waals surface area contributed by atoms with Gasteiger partial charge in [-0.2, -0.15) is 5.10 Å². The maximum absolute atomic E-state index is 12.2. The molecule has 0 radical (unpaired) electrons. The molecule has 0 fully saturated rings. The Morgan fingerprint density at radius 3 is 2.48 bits per heavy atom. The summed E-state index contributed by atoms with van der Waals surface area (Å²) in [5, 5.41) is 7.45. The lowest BCUT2D eigenvalue weighted by atomic mass is 10.1. The van der Waals surface area contributed by atoms with Crippen LogP contribution in [0.5, 0.6) is 0 Å². The Kier molecular flexibility index (Phi) is 5.96. The third-order valence-electron chi connectivity index (χ3n) is 3.52. The fourth-order valence-electron chi connectivity index (χ4n) is 2.06. The number of amides is 1. The topological polar surface area (TPSA) is 50.2 Å². The minimum Gasteiger partial charge on any atom is -0.349 e. The van der Waals surface area contributed by atoms with Gasteiger partial charge in [0.1, 0.15) is 5.69 Å². The number of hydrogen-bond acceptors (Lipinski definition) is 3. The van der Waals surface area contributed by atoms with Crippen molar-refractivity contribution in [3.05, 3.63) is 17.5 Å². The van der Waals surface area contributed by atoms with E-state index >= 15 is 0 Å². The third-order valence-corrected chi connectivity index (χ3v) is 3.52. The highest BCUT2D eigenvalue weighted by molar-refractivity contribution is 5.92. The van der Waals surface area contributed by atoms with Crippen molar-refractivity contribution in [2.75, 3.05) is 26.7 Å². The van der Waals surface area contributed by atoms with Crippen LogP contribution in [0.4, 0.5) is 0 Å².